The van der Waals surface area contributed by atoms with Crippen molar-refractivity contribution in [1.82, 2.24) is 9.88 Å². The molecular formula is C20H27N3O4. The molecule has 1 N–H and O–H groups in total. The van der Waals surface area contributed by atoms with E-state index < -0.39 is 0 Å². The Bertz CT molecular complexity index is 712. The molecule has 0 saturated heterocycles. The number of methoxy groups -OCH3 is 3. The lowest BCUT2D eigenvalue weighted by Crippen LogP contribution is -2.30. The third kappa shape index (κ3) is 5.77. The van der Waals surface area contributed by atoms with Crippen LogP contribution in [0.25, 0.3) is 0 Å². The number of likely N-dealkylation sites (N-methyl/N-ethyl adjacent to an activating group) is 1. The number of rotatable bonds is 10. The fraction of sp³-hybridized carbons (Fsp3) is 0.400. The second kappa shape index (κ2) is 10.3. The predicted octanol–water partition coefficient (Wildman–Crippen LogP) is 2.61. The molecule has 1 amide bonds. The van der Waals surface area contributed by atoms with Crippen molar-refractivity contribution in [2.24, 2.45) is 0 Å². The van der Waals surface area contributed by atoms with Crippen molar-refractivity contribution < 1.29 is 19.0 Å². The summed E-state index contributed by atoms with van der Waals surface area (Å²) in [6.07, 6.45) is 4.73. The molecular weight excluding hydrogens is 346 g/mol. The molecule has 0 aliphatic heterocycles. The molecule has 27 heavy (non-hydrogen) atoms. The minimum atomic E-state index is 0.0870. The van der Waals surface area contributed by atoms with Crippen LogP contribution in [0.4, 0.5) is 5.69 Å². The molecule has 1 aromatic carbocycles. The molecule has 2 rings (SSSR count). The molecule has 0 aliphatic rings. The van der Waals surface area contributed by atoms with Gasteiger partial charge >= 0.3 is 0 Å². The summed E-state index contributed by atoms with van der Waals surface area (Å²) in [6, 6.07) is 7.56. The quantitative estimate of drug-likeness (QED) is 0.690. The molecule has 0 spiro atoms. The second-order valence-corrected chi connectivity index (χ2v) is 6.01. The van der Waals surface area contributed by atoms with Gasteiger partial charge in [-0.3, -0.25) is 9.78 Å². The first-order valence-electron chi connectivity index (χ1n) is 8.75. The van der Waals surface area contributed by atoms with E-state index in [4.69, 9.17) is 14.2 Å². The topological polar surface area (TPSA) is 72.9 Å². The van der Waals surface area contributed by atoms with E-state index in [1.807, 2.05) is 31.3 Å². The molecule has 7 heteroatoms. The summed E-state index contributed by atoms with van der Waals surface area (Å²) in [5, 5.41) is 3.23. The number of amides is 1. The molecule has 0 fully saturated rings. The molecule has 1 aromatic heterocycles. The van der Waals surface area contributed by atoms with Crippen LogP contribution in [0.2, 0.25) is 0 Å². The predicted molar refractivity (Wildman–Crippen MR) is 105 cm³/mol. The van der Waals surface area contributed by atoms with Crippen LogP contribution < -0.4 is 19.5 Å². The van der Waals surface area contributed by atoms with Crippen molar-refractivity contribution in [3.8, 4) is 17.2 Å². The highest BCUT2D eigenvalue weighted by atomic mass is 16.5. The van der Waals surface area contributed by atoms with Gasteiger partial charge in [-0.2, -0.15) is 0 Å². The Balaban J connectivity index is 1.85. The van der Waals surface area contributed by atoms with E-state index in [1.54, 1.807) is 38.6 Å². The number of nitrogens with one attached hydrogen (secondary N) is 1. The first-order valence-corrected chi connectivity index (χ1v) is 8.75. The van der Waals surface area contributed by atoms with Crippen molar-refractivity contribution in [1.29, 1.82) is 0 Å². The van der Waals surface area contributed by atoms with Crippen LogP contribution in [0.5, 0.6) is 17.2 Å². The highest BCUT2D eigenvalue weighted by Crippen LogP contribution is 2.39. The van der Waals surface area contributed by atoms with Crippen molar-refractivity contribution >= 4 is 11.6 Å². The van der Waals surface area contributed by atoms with Crippen LogP contribution in [-0.4, -0.2) is 57.3 Å². The van der Waals surface area contributed by atoms with Crippen LogP contribution in [0, 0.1) is 0 Å². The third-order valence-corrected chi connectivity index (χ3v) is 4.24. The van der Waals surface area contributed by atoms with Crippen molar-refractivity contribution in [3.63, 3.8) is 0 Å². The Labute approximate surface area is 160 Å². The summed E-state index contributed by atoms with van der Waals surface area (Å²) in [4.78, 5) is 18.1. The Morgan fingerprint density at radius 2 is 1.70 bits per heavy atom. The summed E-state index contributed by atoms with van der Waals surface area (Å²) in [5.74, 6) is 1.77. The molecule has 0 radical (unpaired) electrons. The number of ether oxygens (including phenoxy) is 3. The first-order chi connectivity index (χ1) is 13.1. The molecule has 146 valence electrons. The van der Waals surface area contributed by atoms with Gasteiger partial charge in [-0.25, -0.2) is 0 Å². The maximum absolute atomic E-state index is 12.3. The number of nitrogens with zero attached hydrogens (tertiary/aromatic N) is 2. The van der Waals surface area contributed by atoms with Gasteiger partial charge in [0.05, 0.1) is 21.3 Å². The lowest BCUT2D eigenvalue weighted by molar-refractivity contribution is -0.129. The smallest absolute Gasteiger partial charge is 0.224 e. The average molecular weight is 373 g/mol. The number of pyridine rings is 1. The van der Waals surface area contributed by atoms with E-state index in [2.05, 4.69) is 10.3 Å². The monoisotopic (exact) mass is 373 g/mol. The van der Waals surface area contributed by atoms with Crippen LogP contribution in [0.3, 0.4) is 0 Å². The standard InChI is InChI=1S/C20H27N3O4/c1-23(12-8-15-5-9-21-10-6-15)19(24)7-11-22-16-13-17(25-2)20(27-4)18(14-16)26-3/h5-6,9-10,13-14,22H,7-8,11-12H2,1-4H3. The molecule has 1 heterocycles. The maximum atomic E-state index is 12.3. The lowest BCUT2D eigenvalue weighted by atomic mass is 10.2. The number of carbonyl (C=O) groups excluding carboxylic acids is 1. The Morgan fingerprint density at radius 3 is 2.26 bits per heavy atom. The highest BCUT2D eigenvalue weighted by molar-refractivity contribution is 5.76. The zero-order valence-corrected chi connectivity index (χ0v) is 16.3. The van der Waals surface area contributed by atoms with Gasteiger partial charge < -0.3 is 24.4 Å². The summed E-state index contributed by atoms with van der Waals surface area (Å²) in [7, 11) is 6.53. The van der Waals surface area contributed by atoms with E-state index in [1.165, 1.54) is 5.56 Å². The molecule has 0 saturated carbocycles. The fourth-order valence-electron chi connectivity index (χ4n) is 2.66. The summed E-state index contributed by atoms with van der Waals surface area (Å²) >= 11 is 0. The molecule has 7 nitrogen and oxygen atoms in total. The normalized spacial score (nSPS) is 10.2. The van der Waals surface area contributed by atoms with Gasteiger partial charge in [-0.05, 0) is 24.1 Å². The fourth-order valence-corrected chi connectivity index (χ4v) is 2.66. The molecule has 0 bridgehead atoms. The van der Waals surface area contributed by atoms with Crippen LogP contribution in [-0.2, 0) is 11.2 Å². The van der Waals surface area contributed by atoms with Gasteiger partial charge in [0, 0.05) is 56.8 Å². The van der Waals surface area contributed by atoms with E-state index >= 15 is 0 Å². The number of aromatic nitrogens is 1. The van der Waals surface area contributed by atoms with Gasteiger partial charge in [0.25, 0.3) is 0 Å². The number of benzene rings is 1. The zero-order valence-electron chi connectivity index (χ0n) is 16.3. The van der Waals surface area contributed by atoms with Gasteiger partial charge in [0.1, 0.15) is 0 Å². The molecule has 0 unspecified atom stereocenters. The molecule has 2 aromatic rings. The minimum Gasteiger partial charge on any atom is -0.493 e. The Kier molecular flexibility index (Phi) is 7.73. The number of hydrogen-bond acceptors (Lipinski definition) is 6. The van der Waals surface area contributed by atoms with Crippen LogP contribution in [0.1, 0.15) is 12.0 Å². The highest BCUT2D eigenvalue weighted by Gasteiger charge is 2.14. The summed E-state index contributed by atoms with van der Waals surface area (Å²) in [6.45, 7) is 1.18. The van der Waals surface area contributed by atoms with Crippen molar-refractivity contribution in [2.45, 2.75) is 12.8 Å². The average Bonchev–Trinajstić information content (AvgIpc) is 2.71. The van der Waals surface area contributed by atoms with Crippen LogP contribution >= 0.6 is 0 Å². The third-order valence-electron chi connectivity index (χ3n) is 4.24. The lowest BCUT2D eigenvalue weighted by Gasteiger charge is -2.18. The minimum absolute atomic E-state index is 0.0870. The summed E-state index contributed by atoms with van der Waals surface area (Å²) in [5.41, 5.74) is 1.97. The summed E-state index contributed by atoms with van der Waals surface area (Å²) < 4.78 is 16.0. The Hall–Kier alpha value is -2.96. The van der Waals surface area contributed by atoms with Gasteiger partial charge in [-0.15, -0.1) is 0 Å². The van der Waals surface area contributed by atoms with Gasteiger partial charge in [-0.1, -0.05) is 0 Å². The van der Waals surface area contributed by atoms with Gasteiger partial charge in [0.15, 0.2) is 11.5 Å². The number of anilines is 1. The molecule has 0 aliphatic carbocycles. The maximum Gasteiger partial charge on any atom is 0.224 e. The zero-order chi connectivity index (χ0) is 19.6. The van der Waals surface area contributed by atoms with E-state index in [9.17, 15) is 4.79 Å². The first kappa shape index (κ1) is 20.4. The van der Waals surface area contributed by atoms with E-state index in [-0.39, 0.29) is 5.91 Å². The van der Waals surface area contributed by atoms with Crippen molar-refractivity contribution in [3.05, 3.63) is 42.2 Å². The number of carbonyl (C=O) groups is 1. The van der Waals surface area contributed by atoms with Crippen LogP contribution in [0.15, 0.2) is 36.7 Å². The largest absolute Gasteiger partial charge is 0.493 e. The van der Waals surface area contributed by atoms with Crippen molar-refractivity contribution in [2.75, 3.05) is 46.8 Å². The molecule has 0 atom stereocenters. The second-order valence-electron chi connectivity index (χ2n) is 6.01. The Morgan fingerprint density at radius 1 is 1.07 bits per heavy atom. The SMILES string of the molecule is COc1cc(NCCC(=O)N(C)CCc2ccncc2)cc(OC)c1OC. The van der Waals surface area contributed by atoms with E-state index in [0.29, 0.717) is 36.8 Å². The van der Waals surface area contributed by atoms with E-state index in [0.717, 1.165) is 12.1 Å². The number of hydrogen-bond donors (Lipinski definition) is 1. The van der Waals surface area contributed by atoms with Gasteiger partial charge in [0.2, 0.25) is 11.7 Å².